The Morgan fingerprint density at radius 1 is 1.03 bits per heavy atom. The first-order valence-corrected chi connectivity index (χ1v) is 12.1. The van der Waals surface area contributed by atoms with Gasteiger partial charge in [-0.25, -0.2) is 0 Å². The zero-order valence-electron chi connectivity index (χ0n) is 19.4. The number of carbonyl (C=O) groups excluding carboxylic acids is 1. The number of benzene rings is 2. The van der Waals surface area contributed by atoms with E-state index in [1.807, 2.05) is 43.3 Å². The van der Waals surface area contributed by atoms with Crippen LogP contribution in [0.1, 0.15) is 43.0 Å². The normalized spacial score (nSPS) is 14.1. The summed E-state index contributed by atoms with van der Waals surface area (Å²) in [5.41, 5.74) is 4.23. The Labute approximate surface area is 198 Å². The molecule has 8 heteroatoms. The van der Waals surface area contributed by atoms with Crippen LogP contribution in [0.25, 0.3) is 11.5 Å². The molecule has 1 aliphatic heterocycles. The fourth-order valence-electron chi connectivity index (χ4n) is 3.61. The third-order valence-corrected chi connectivity index (χ3v) is 6.42. The zero-order chi connectivity index (χ0) is 23.4. The molecule has 33 heavy (non-hydrogen) atoms. The van der Waals surface area contributed by atoms with Crippen molar-refractivity contribution in [1.29, 1.82) is 0 Å². The highest BCUT2D eigenvalue weighted by Crippen LogP contribution is 2.34. The minimum atomic E-state index is -0.149. The average Bonchev–Trinajstić information content (AvgIpc) is 3.15. The minimum Gasteiger partial charge on any atom is -0.490 e. The van der Waals surface area contributed by atoms with Crippen molar-refractivity contribution in [3.63, 3.8) is 0 Å². The number of ether oxygens (including phenoxy) is 2. The van der Waals surface area contributed by atoms with E-state index in [1.54, 1.807) is 0 Å². The molecule has 2 heterocycles. The maximum Gasteiger partial charge on any atom is 0.277 e. The predicted molar refractivity (Wildman–Crippen MR) is 128 cm³/mol. The van der Waals surface area contributed by atoms with Crippen LogP contribution in [0.5, 0.6) is 11.5 Å². The van der Waals surface area contributed by atoms with Crippen LogP contribution in [-0.4, -0.2) is 35.1 Å². The smallest absolute Gasteiger partial charge is 0.277 e. The van der Waals surface area contributed by atoms with E-state index in [2.05, 4.69) is 36.3 Å². The van der Waals surface area contributed by atoms with Crippen molar-refractivity contribution in [2.75, 3.05) is 19.0 Å². The lowest BCUT2D eigenvalue weighted by Crippen LogP contribution is -2.33. The van der Waals surface area contributed by atoms with Gasteiger partial charge in [-0.15, -0.1) is 10.2 Å². The monoisotopic (exact) mass is 467 g/mol. The molecule has 0 saturated carbocycles. The standard InChI is InChI=1S/C25H29N3O4S/c1-15(2)23(18-8-9-20-21(13-18)31-11-5-10-30-20)26-22(29)14-33-25-28-27-24(32-25)19-7-6-16(3)17(4)12-19/h6-9,12-13,15,23H,5,10-11,14H2,1-4H3,(H,26,29). The van der Waals surface area contributed by atoms with Crippen molar-refractivity contribution >= 4 is 17.7 Å². The lowest BCUT2D eigenvalue weighted by atomic mass is 9.95. The fourth-order valence-corrected chi connectivity index (χ4v) is 4.18. The molecular formula is C25H29N3O4S. The highest BCUT2D eigenvalue weighted by Gasteiger charge is 2.22. The SMILES string of the molecule is Cc1ccc(-c2nnc(SCC(=O)NC(c3ccc4c(c3)OCCCO4)C(C)C)o2)cc1C. The summed E-state index contributed by atoms with van der Waals surface area (Å²) in [6, 6.07) is 11.7. The lowest BCUT2D eigenvalue weighted by Gasteiger charge is -2.23. The van der Waals surface area contributed by atoms with E-state index in [9.17, 15) is 4.79 Å². The molecule has 1 amide bonds. The largest absolute Gasteiger partial charge is 0.490 e. The first-order valence-electron chi connectivity index (χ1n) is 11.1. The number of fused-ring (bicyclic) bond motifs is 1. The molecule has 1 aromatic heterocycles. The zero-order valence-corrected chi connectivity index (χ0v) is 20.2. The lowest BCUT2D eigenvalue weighted by molar-refractivity contribution is -0.119. The summed E-state index contributed by atoms with van der Waals surface area (Å²) in [5.74, 6) is 2.21. The summed E-state index contributed by atoms with van der Waals surface area (Å²) < 4.78 is 17.3. The molecule has 4 rings (SSSR count). The maximum atomic E-state index is 12.7. The Hall–Kier alpha value is -3.00. The van der Waals surface area contributed by atoms with Crippen molar-refractivity contribution < 1.29 is 18.7 Å². The summed E-state index contributed by atoms with van der Waals surface area (Å²) in [4.78, 5) is 12.7. The van der Waals surface area contributed by atoms with Gasteiger partial charge in [0.2, 0.25) is 11.8 Å². The Morgan fingerprint density at radius 3 is 2.58 bits per heavy atom. The van der Waals surface area contributed by atoms with Gasteiger partial charge in [0.1, 0.15) is 0 Å². The van der Waals surface area contributed by atoms with Crippen molar-refractivity contribution in [3.05, 3.63) is 53.1 Å². The molecule has 0 aliphatic carbocycles. The Balaban J connectivity index is 1.39. The number of aromatic nitrogens is 2. The summed E-state index contributed by atoms with van der Waals surface area (Å²) in [5, 5.41) is 11.7. The van der Waals surface area contributed by atoms with Crippen molar-refractivity contribution in [3.8, 4) is 23.0 Å². The van der Waals surface area contributed by atoms with E-state index in [0.29, 0.717) is 24.3 Å². The van der Waals surface area contributed by atoms with Gasteiger partial charge in [0.25, 0.3) is 5.22 Å². The van der Waals surface area contributed by atoms with Crippen LogP contribution in [0.15, 0.2) is 46.0 Å². The van der Waals surface area contributed by atoms with Crippen molar-refractivity contribution in [2.45, 2.75) is 45.4 Å². The molecule has 0 fully saturated rings. The van der Waals surface area contributed by atoms with Gasteiger partial charge in [0, 0.05) is 12.0 Å². The van der Waals surface area contributed by atoms with Crippen LogP contribution in [0, 0.1) is 19.8 Å². The molecule has 2 aromatic carbocycles. The van der Waals surface area contributed by atoms with Crippen molar-refractivity contribution in [1.82, 2.24) is 15.5 Å². The van der Waals surface area contributed by atoms with E-state index >= 15 is 0 Å². The second-order valence-electron chi connectivity index (χ2n) is 8.51. The van der Waals surface area contributed by atoms with Crippen LogP contribution < -0.4 is 14.8 Å². The third kappa shape index (κ3) is 5.68. The first kappa shape index (κ1) is 23.2. The van der Waals surface area contributed by atoms with E-state index < -0.39 is 0 Å². The van der Waals surface area contributed by atoms with Crippen LogP contribution in [-0.2, 0) is 4.79 Å². The van der Waals surface area contributed by atoms with Gasteiger partial charge in [-0.05, 0) is 60.7 Å². The topological polar surface area (TPSA) is 86.5 Å². The highest BCUT2D eigenvalue weighted by molar-refractivity contribution is 7.99. The molecule has 1 N–H and O–H groups in total. The molecule has 3 aromatic rings. The summed E-state index contributed by atoms with van der Waals surface area (Å²) in [6.07, 6.45) is 0.854. The van der Waals surface area contributed by atoms with Gasteiger partial charge >= 0.3 is 0 Å². The van der Waals surface area contributed by atoms with Crippen LogP contribution in [0.4, 0.5) is 0 Å². The predicted octanol–water partition coefficient (Wildman–Crippen LogP) is 5.12. The number of hydrogen-bond acceptors (Lipinski definition) is 7. The number of rotatable bonds is 7. The van der Waals surface area contributed by atoms with Gasteiger partial charge in [0.15, 0.2) is 11.5 Å². The first-order chi connectivity index (χ1) is 15.9. The molecule has 0 saturated heterocycles. The van der Waals surface area contributed by atoms with Crippen LogP contribution in [0.2, 0.25) is 0 Å². The van der Waals surface area contributed by atoms with Crippen LogP contribution in [0.3, 0.4) is 0 Å². The third-order valence-electron chi connectivity index (χ3n) is 5.60. The van der Waals surface area contributed by atoms with Gasteiger partial charge in [-0.2, -0.15) is 0 Å². The number of nitrogens with one attached hydrogen (secondary N) is 1. The van der Waals surface area contributed by atoms with Crippen LogP contribution >= 0.6 is 11.8 Å². The summed E-state index contributed by atoms with van der Waals surface area (Å²) in [6.45, 7) is 9.53. The molecule has 0 bridgehead atoms. The van der Waals surface area contributed by atoms with E-state index in [-0.39, 0.29) is 23.6 Å². The molecule has 174 valence electrons. The fraction of sp³-hybridized carbons (Fsp3) is 0.400. The molecule has 1 atom stereocenters. The number of amides is 1. The molecule has 0 radical (unpaired) electrons. The number of thioether (sulfide) groups is 1. The van der Waals surface area contributed by atoms with E-state index in [4.69, 9.17) is 13.9 Å². The minimum absolute atomic E-state index is 0.100. The van der Waals surface area contributed by atoms with E-state index in [1.165, 1.54) is 17.3 Å². The Morgan fingerprint density at radius 2 is 1.82 bits per heavy atom. The Bertz CT molecular complexity index is 1130. The van der Waals surface area contributed by atoms with Crippen molar-refractivity contribution in [2.24, 2.45) is 5.92 Å². The second-order valence-corrected chi connectivity index (χ2v) is 9.43. The van der Waals surface area contributed by atoms with Gasteiger partial charge in [-0.1, -0.05) is 37.7 Å². The molecular weight excluding hydrogens is 438 g/mol. The second kappa shape index (κ2) is 10.3. The number of hydrogen-bond donors (Lipinski definition) is 1. The Kier molecular flexibility index (Phi) is 7.23. The molecule has 1 unspecified atom stereocenters. The quantitative estimate of drug-likeness (QED) is 0.483. The van der Waals surface area contributed by atoms with Gasteiger partial charge in [0.05, 0.1) is 25.0 Å². The van der Waals surface area contributed by atoms with E-state index in [0.717, 1.165) is 34.6 Å². The summed E-state index contributed by atoms with van der Waals surface area (Å²) in [7, 11) is 0. The number of carbonyl (C=O) groups is 1. The van der Waals surface area contributed by atoms with Gasteiger partial charge in [-0.3, -0.25) is 4.79 Å². The molecule has 1 aliphatic rings. The average molecular weight is 468 g/mol. The highest BCUT2D eigenvalue weighted by atomic mass is 32.2. The summed E-state index contributed by atoms with van der Waals surface area (Å²) >= 11 is 1.23. The van der Waals surface area contributed by atoms with Gasteiger partial charge < -0.3 is 19.2 Å². The number of aryl methyl sites for hydroxylation is 2. The number of nitrogens with zero attached hydrogens (tertiary/aromatic N) is 2. The molecule has 7 nitrogen and oxygen atoms in total. The maximum absolute atomic E-state index is 12.7. The molecule has 0 spiro atoms.